The largest absolute Gasteiger partial charge is 0.394 e. The van der Waals surface area contributed by atoms with Crippen molar-refractivity contribution in [2.24, 2.45) is 11.3 Å². The summed E-state index contributed by atoms with van der Waals surface area (Å²) in [7, 11) is 2.09. The molecule has 0 aromatic carbocycles. The van der Waals surface area contributed by atoms with Crippen LogP contribution in [0.1, 0.15) is 12.8 Å². The van der Waals surface area contributed by atoms with Gasteiger partial charge in [0.2, 0.25) is 0 Å². The van der Waals surface area contributed by atoms with Crippen LogP contribution in [-0.2, 0) is 0 Å². The fraction of sp³-hybridized carbons (Fsp3) is 1.00. The molecule has 70 valence electrons. The van der Waals surface area contributed by atoms with Crippen molar-refractivity contribution in [2.75, 3.05) is 26.7 Å². The van der Waals surface area contributed by atoms with Crippen LogP contribution in [0.25, 0.3) is 0 Å². The van der Waals surface area contributed by atoms with E-state index in [1.165, 1.54) is 12.8 Å². The molecule has 2 N–H and O–H groups in total. The lowest BCUT2D eigenvalue weighted by atomic mass is 9.88. The monoisotopic (exact) mass is 171 g/mol. The molecule has 2 atom stereocenters. The lowest BCUT2D eigenvalue weighted by Gasteiger charge is -2.21. The third kappa shape index (κ3) is 1.16. The summed E-state index contributed by atoms with van der Waals surface area (Å²) in [5.74, 6) is 0.312. The average molecular weight is 171 g/mol. The van der Waals surface area contributed by atoms with Gasteiger partial charge >= 0.3 is 0 Å². The molecule has 1 heterocycles. The minimum Gasteiger partial charge on any atom is -0.394 e. The number of aliphatic hydroxyl groups excluding tert-OH is 2. The third-order valence-corrected chi connectivity index (χ3v) is 3.42. The second kappa shape index (κ2) is 2.69. The first-order chi connectivity index (χ1) is 5.68. The Labute approximate surface area is 73.0 Å². The summed E-state index contributed by atoms with van der Waals surface area (Å²) in [5.41, 5.74) is 0.372. The molecule has 1 aliphatic heterocycles. The zero-order valence-corrected chi connectivity index (χ0v) is 7.53. The Bertz CT molecular complexity index is 179. The minimum absolute atomic E-state index is 0.0831. The van der Waals surface area contributed by atoms with Gasteiger partial charge in [-0.2, -0.15) is 0 Å². The molecule has 2 unspecified atom stereocenters. The summed E-state index contributed by atoms with van der Waals surface area (Å²) in [5, 5.41) is 18.4. The predicted octanol–water partition coefficient (Wildman–Crippen LogP) is -0.319. The SMILES string of the molecule is CN1CC(C(O)CO)C2(CC2)C1. The quantitative estimate of drug-likeness (QED) is 0.598. The van der Waals surface area contributed by atoms with Gasteiger partial charge in [-0.25, -0.2) is 0 Å². The van der Waals surface area contributed by atoms with Gasteiger partial charge in [-0.05, 0) is 25.3 Å². The van der Waals surface area contributed by atoms with Crippen LogP contribution in [0.3, 0.4) is 0 Å². The van der Waals surface area contributed by atoms with E-state index in [0.29, 0.717) is 11.3 Å². The maximum Gasteiger partial charge on any atom is 0.0817 e. The number of hydrogen-bond acceptors (Lipinski definition) is 3. The standard InChI is InChI=1S/C9H17NO2/c1-10-4-7(8(12)5-11)9(6-10)2-3-9/h7-8,11-12H,2-6H2,1H3. The fourth-order valence-electron chi connectivity index (χ4n) is 2.60. The summed E-state index contributed by atoms with van der Waals surface area (Å²) in [6, 6.07) is 0. The molecule has 0 bridgehead atoms. The van der Waals surface area contributed by atoms with Crippen LogP contribution >= 0.6 is 0 Å². The van der Waals surface area contributed by atoms with Gasteiger partial charge in [-0.15, -0.1) is 0 Å². The summed E-state index contributed by atoms with van der Waals surface area (Å²) in [6.07, 6.45) is 1.97. The normalized spacial score (nSPS) is 35.8. The first kappa shape index (κ1) is 8.48. The second-order valence-corrected chi connectivity index (χ2v) is 4.42. The van der Waals surface area contributed by atoms with Gasteiger partial charge in [0.15, 0.2) is 0 Å². The van der Waals surface area contributed by atoms with Crippen LogP contribution in [0.5, 0.6) is 0 Å². The summed E-state index contributed by atoms with van der Waals surface area (Å²) in [6.45, 7) is 1.97. The highest BCUT2D eigenvalue weighted by Crippen LogP contribution is 2.56. The van der Waals surface area contributed by atoms with Gasteiger partial charge in [0, 0.05) is 19.0 Å². The molecular formula is C9H17NO2. The van der Waals surface area contributed by atoms with Gasteiger partial charge < -0.3 is 15.1 Å². The van der Waals surface area contributed by atoms with Crippen LogP contribution in [0, 0.1) is 11.3 Å². The van der Waals surface area contributed by atoms with Crippen LogP contribution in [0.2, 0.25) is 0 Å². The highest BCUT2D eigenvalue weighted by Gasteiger charge is 2.55. The van der Waals surface area contributed by atoms with Crippen LogP contribution < -0.4 is 0 Å². The third-order valence-electron chi connectivity index (χ3n) is 3.42. The topological polar surface area (TPSA) is 43.7 Å². The molecule has 0 amide bonds. The van der Waals surface area contributed by atoms with Crippen molar-refractivity contribution in [1.82, 2.24) is 4.90 Å². The molecule has 12 heavy (non-hydrogen) atoms. The lowest BCUT2D eigenvalue weighted by molar-refractivity contribution is 0.0319. The minimum atomic E-state index is -0.502. The van der Waals surface area contributed by atoms with Gasteiger partial charge in [-0.1, -0.05) is 0 Å². The molecule has 3 heteroatoms. The highest BCUT2D eigenvalue weighted by molar-refractivity contribution is 5.07. The van der Waals surface area contributed by atoms with E-state index in [2.05, 4.69) is 11.9 Å². The Morgan fingerprint density at radius 2 is 2.25 bits per heavy atom. The molecule has 1 saturated carbocycles. The van der Waals surface area contributed by atoms with Crippen molar-refractivity contribution in [3.63, 3.8) is 0 Å². The fourth-order valence-corrected chi connectivity index (χ4v) is 2.60. The zero-order chi connectivity index (χ0) is 8.77. The maximum atomic E-state index is 9.57. The maximum absolute atomic E-state index is 9.57. The van der Waals surface area contributed by atoms with Gasteiger partial charge in [0.05, 0.1) is 12.7 Å². The lowest BCUT2D eigenvalue weighted by Crippen LogP contribution is -2.31. The van der Waals surface area contributed by atoms with Crippen molar-refractivity contribution in [3.05, 3.63) is 0 Å². The second-order valence-electron chi connectivity index (χ2n) is 4.42. The van der Waals surface area contributed by atoms with Crippen molar-refractivity contribution in [2.45, 2.75) is 18.9 Å². The Balaban J connectivity index is 2.05. The van der Waals surface area contributed by atoms with E-state index in [1.807, 2.05) is 0 Å². The van der Waals surface area contributed by atoms with Crippen molar-refractivity contribution < 1.29 is 10.2 Å². The first-order valence-corrected chi connectivity index (χ1v) is 4.65. The molecule has 1 spiro atoms. The Morgan fingerprint density at radius 3 is 2.75 bits per heavy atom. The molecule has 1 aliphatic carbocycles. The van der Waals surface area contributed by atoms with E-state index in [4.69, 9.17) is 5.11 Å². The molecule has 1 saturated heterocycles. The van der Waals surface area contributed by atoms with Crippen LogP contribution in [-0.4, -0.2) is 48.0 Å². The first-order valence-electron chi connectivity index (χ1n) is 4.65. The smallest absolute Gasteiger partial charge is 0.0817 e. The molecule has 2 rings (SSSR count). The predicted molar refractivity (Wildman–Crippen MR) is 45.7 cm³/mol. The molecule has 0 aromatic heterocycles. The summed E-state index contributed by atoms with van der Waals surface area (Å²) < 4.78 is 0. The average Bonchev–Trinajstić information content (AvgIpc) is 2.71. The molecule has 2 aliphatic rings. The Hall–Kier alpha value is -0.120. The number of hydrogen-bond donors (Lipinski definition) is 2. The van der Waals surface area contributed by atoms with Crippen molar-refractivity contribution in [1.29, 1.82) is 0 Å². The molecule has 0 radical (unpaired) electrons. The number of rotatable bonds is 2. The number of nitrogens with zero attached hydrogens (tertiary/aromatic N) is 1. The van der Waals surface area contributed by atoms with E-state index >= 15 is 0 Å². The zero-order valence-electron chi connectivity index (χ0n) is 7.53. The molecule has 3 nitrogen and oxygen atoms in total. The van der Waals surface area contributed by atoms with E-state index < -0.39 is 6.10 Å². The Kier molecular flexibility index (Phi) is 1.90. The van der Waals surface area contributed by atoms with E-state index in [0.717, 1.165) is 13.1 Å². The Morgan fingerprint density at radius 1 is 1.58 bits per heavy atom. The summed E-state index contributed by atoms with van der Waals surface area (Å²) in [4.78, 5) is 2.26. The van der Waals surface area contributed by atoms with E-state index in [9.17, 15) is 5.11 Å². The highest BCUT2D eigenvalue weighted by atomic mass is 16.3. The van der Waals surface area contributed by atoms with Crippen LogP contribution in [0.4, 0.5) is 0 Å². The number of aliphatic hydroxyl groups is 2. The van der Waals surface area contributed by atoms with E-state index in [-0.39, 0.29) is 6.61 Å². The summed E-state index contributed by atoms with van der Waals surface area (Å²) >= 11 is 0. The van der Waals surface area contributed by atoms with Crippen molar-refractivity contribution in [3.8, 4) is 0 Å². The van der Waals surface area contributed by atoms with Crippen molar-refractivity contribution >= 4 is 0 Å². The van der Waals surface area contributed by atoms with Gasteiger partial charge in [0.25, 0.3) is 0 Å². The van der Waals surface area contributed by atoms with E-state index in [1.54, 1.807) is 0 Å². The van der Waals surface area contributed by atoms with Crippen LogP contribution in [0.15, 0.2) is 0 Å². The van der Waals surface area contributed by atoms with Gasteiger partial charge in [0.1, 0.15) is 0 Å². The molecular weight excluding hydrogens is 154 g/mol. The molecule has 0 aromatic rings. The molecule has 2 fully saturated rings. The van der Waals surface area contributed by atoms with Gasteiger partial charge in [-0.3, -0.25) is 0 Å². The number of likely N-dealkylation sites (tertiary alicyclic amines) is 1.